The monoisotopic (exact) mass is 444 g/mol. The van der Waals surface area contributed by atoms with Gasteiger partial charge in [-0.25, -0.2) is 0 Å². The Balaban J connectivity index is 1.90. The van der Waals surface area contributed by atoms with Crippen LogP contribution in [-0.4, -0.2) is 40.4 Å². The summed E-state index contributed by atoms with van der Waals surface area (Å²) in [4.78, 5) is 38.4. The molecule has 0 fully saturated rings. The maximum Gasteiger partial charge on any atom is 0.303 e. The minimum Gasteiger partial charge on any atom is -0.481 e. The van der Waals surface area contributed by atoms with Crippen LogP contribution in [-0.2, 0) is 9.59 Å². The highest BCUT2D eigenvalue weighted by atomic mass is 16.4. The van der Waals surface area contributed by atoms with Gasteiger partial charge in [-0.1, -0.05) is 79.7 Å². The van der Waals surface area contributed by atoms with E-state index in [0.29, 0.717) is 5.56 Å². The van der Waals surface area contributed by atoms with Gasteiger partial charge in [-0.2, -0.15) is 0 Å². The maximum atomic E-state index is 13.5. The highest BCUT2D eigenvalue weighted by molar-refractivity contribution is 5.98. The van der Waals surface area contributed by atoms with E-state index in [2.05, 4.69) is 0 Å². The highest BCUT2D eigenvalue weighted by Gasteiger charge is 2.31. The van der Waals surface area contributed by atoms with Crippen molar-refractivity contribution in [2.24, 2.45) is 5.73 Å². The molecule has 3 rings (SSSR count). The zero-order valence-corrected chi connectivity index (χ0v) is 18.6. The summed E-state index contributed by atoms with van der Waals surface area (Å²) in [6.07, 6.45) is -0.302. The molecule has 0 radical (unpaired) electrons. The fourth-order valence-corrected chi connectivity index (χ4v) is 3.85. The minimum atomic E-state index is -1.04. The molecule has 0 aliphatic heterocycles. The number of carboxylic acids is 1. The molecule has 0 bridgehead atoms. The van der Waals surface area contributed by atoms with Gasteiger partial charge in [0.2, 0.25) is 5.91 Å². The summed E-state index contributed by atoms with van der Waals surface area (Å²) in [6.45, 7) is 2.19. The molecule has 0 saturated carbocycles. The van der Waals surface area contributed by atoms with E-state index in [-0.39, 0.29) is 31.2 Å². The topological polar surface area (TPSA) is 101 Å². The first-order valence-corrected chi connectivity index (χ1v) is 10.9. The average molecular weight is 445 g/mol. The lowest BCUT2D eigenvalue weighted by molar-refractivity contribution is -0.137. The summed E-state index contributed by atoms with van der Waals surface area (Å²) >= 11 is 0. The number of carbonyl (C=O) groups excluding carboxylic acids is 2. The van der Waals surface area contributed by atoms with E-state index in [1.54, 1.807) is 12.1 Å². The number of nitrogens with zero attached hydrogens (tertiary/aromatic N) is 1. The number of rotatable bonds is 10. The molecule has 6 nitrogen and oxygen atoms in total. The van der Waals surface area contributed by atoms with Crippen LogP contribution in [0.4, 0.5) is 0 Å². The second-order valence-electron chi connectivity index (χ2n) is 8.06. The van der Waals surface area contributed by atoms with Crippen molar-refractivity contribution in [1.29, 1.82) is 0 Å². The number of nitrogens with two attached hydrogens (primary N) is 1. The van der Waals surface area contributed by atoms with Crippen molar-refractivity contribution in [2.75, 3.05) is 6.54 Å². The van der Waals surface area contributed by atoms with E-state index in [1.807, 2.05) is 79.7 Å². The molecule has 3 N–H and O–H groups in total. The predicted molar refractivity (Wildman–Crippen MR) is 128 cm³/mol. The summed E-state index contributed by atoms with van der Waals surface area (Å²) in [5.41, 5.74) is 9.05. The third kappa shape index (κ3) is 6.29. The summed E-state index contributed by atoms with van der Waals surface area (Å²) in [5.74, 6) is -2.19. The van der Waals surface area contributed by atoms with Crippen LogP contribution in [0.5, 0.6) is 0 Å². The van der Waals surface area contributed by atoms with Crippen LogP contribution < -0.4 is 5.73 Å². The molecule has 0 aromatic heterocycles. The molecule has 0 aliphatic carbocycles. The molecular weight excluding hydrogens is 416 g/mol. The molecule has 0 aliphatic rings. The number of aliphatic carboxylic acids is 1. The number of hydrogen-bond donors (Lipinski definition) is 2. The lowest BCUT2D eigenvalue weighted by Crippen LogP contribution is -2.49. The molecule has 0 saturated heterocycles. The zero-order chi connectivity index (χ0) is 23.8. The summed E-state index contributed by atoms with van der Waals surface area (Å²) < 4.78 is 0. The van der Waals surface area contributed by atoms with Gasteiger partial charge in [0.05, 0.1) is 0 Å². The quantitative estimate of drug-likeness (QED) is 0.486. The third-order valence-corrected chi connectivity index (χ3v) is 5.68. The van der Waals surface area contributed by atoms with Crippen molar-refractivity contribution in [3.8, 4) is 11.1 Å². The van der Waals surface area contributed by atoms with Gasteiger partial charge >= 0.3 is 5.97 Å². The first kappa shape index (κ1) is 23.7. The number of primary amides is 1. The SMILES string of the molecule is C[C@@H](CN(C(=O)c1ccc(-c2ccccc2)cc1)[C@@H](CCC(=O)O)C(N)=O)c1ccccc1. The summed E-state index contributed by atoms with van der Waals surface area (Å²) in [6, 6.07) is 25.6. The van der Waals surface area contributed by atoms with Gasteiger partial charge in [0, 0.05) is 18.5 Å². The van der Waals surface area contributed by atoms with Crippen LogP contribution in [0, 0.1) is 0 Å². The molecule has 2 amide bonds. The number of benzene rings is 3. The van der Waals surface area contributed by atoms with Crippen LogP contribution in [0.25, 0.3) is 11.1 Å². The van der Waals surface area contributed by atoms with Crippen LogP contribution >= 0.6 is 0 Å². The van der Waals surface area contributed by atoms with E-state index in [4.69, 9.17) is 10.8 Å². The summed E-state index contributed by atoms with van der Waals surface area (Å²) in [7, 11) is 0. The average Bonchev–Trinajstić information content (AvgIpc) is 2.83. The molecule has 3 aromatic carbocycles. The van der Waals surface area contributed by atoms with Gasteiger partial charge in [0.1, 0.15) is 6.04 Å². The van der Waals surface area contributed by atoms with Crippen molar-refractivity contribution in [3.05, 3.63) is 96.1 Å². The number of carboxylic acid groups (broad SMARTS) is 1. The van der Waals surface area contributed by atoms with Gasteiger partial charge in [0.25, 0.3) is 5.91 Å². The molecule has 3 aromatic rings. The van der Waals surface area contributed by atoms with Crippen molar-refractivity contribution in [1.82, 2.24) is 4.90 Å². The first-order valence-electron chi connectivity index (χ1n) is 10.9. The smallest absolute Gasteiger partial charge is 0.303 e. The molecule has 0 spiro atoms. The minimum absolute atomic E-state index is 0.0417. The van der Waals surface area contributed by atoms with E-state index < -0.39 is 17.9 Å². The van der Waals surface area contributed by atoms with E-state index in [9.17, 15) is 14.4 Å². The Labute approximate surface area is 193 Å². The predicted octanol–water partition coefficient (Wildman–Crippen LogP) is 4.32. The molecule has 170 valence electrons. The van der Waals surface area contributed by atoms with E-state index in [0.717, 1.165) is 16.7 Å². The van der Waals surface area contributed by atoms with Crippen LogP contribution in [0.3, 0.4) is 0 Å². The highest BCUT2D eigenvalue weighted by Crippen LogP contribution is 2.23. The van der Waals surface area contributed by atoms with Crippen molar-refractivity contribution >= 4 is 17.8 Å². The second kappa shape index (κ2) is 11.1. The van der Waals surface area contributed by atoms with Gasteiger partial charge < -0.3 is 15.7 Å². The number of amides is 2. The van der Waals surface area contributed by atoms with Crippen molar-refractivity contribution < 1.29 is 19.5 Å². The fraction of sp³-hybridized carbons (Fsp3) is 0.222. The number of hydrogen-bond acceptors (Lipinski definition) is 3. The third-order valence-electron chi connectivity index (χ3n) is 5.68. The normalized spacial score (nSPS) is 12.5. The molecule has 6 heteroatoms. The lowest BCUT2D eigenvalue weighted by Gasteiger charge is -2.32. The standard InChI is InChI=1S/C27H28N2O4/c1-19(20-8-4-2-5-9-20)18-29(24(26(28)32)16-17-25(30)31)27(33)23-14-12-22(13-15-23)21-10-6-3-7-11-21/h2-15,19,24H,16-18H2,1H3,(H2,28,32)(H,30,31)/t19-,24-/m0/s1. The second-order valence-corrected chi connectivity index (χ2v) is 8.06. The van der Waals surface area contributed by atoms with E-state index in [1.165, 1.54) is 4.90 Å². The largest absolute Gasteiger partial charge is 0.481 e. The Hall–Kier alpha value is -3.93. The Bertz CT molecular complexity index is 1080. The zero-order valence-electron chi connectivity index (χ0n) is 18.6. The molecular formula is C27H28N2O4. The molecule has 2 atom stereocenters. The Morgan fingerprint density at radius 3 is 1.94 bits per heavy atom. The lowest BCUT2D eigenvalue weighted by atomic mass is 9.97. The molecule has 33 heavy (non-hydrogen) atoms. The van der Waals surface area contributed by atoms with Crippen molar-refractivity contribution in [3.63, 3.8) is 0 Å². The van der Waals surface area contributed by atoms with Gasteiger partial charge in [0.15, 0.2) is 0 Å². The van der Waals surface area contributed by atoms with Gasteiger partial charge in [-0.05, 0) is 41.2 Å². The molecule has 0 heterocycles. The summed E-state index contributed by atoms with van der Waals surface area (Å²) in [5, 5.41) is 9.12. The van der Waals surface area contributed by atoms with Crippen LogP contribution in [0.15, 0.2) is 84.9 Å². The van der Waals surface area contributed by atoms with Gasteiger partial charge in [-0.3, -0.25) is 14.4 Å². The molecule has 0 unspecified atom stereocenters. The Kier molecular flexibility index (Phi) is 7.97. The van der Waals surface area contributed by atoms with Crippen LogP contribution in [0.2, 0.25) is 0 Å². The van der Waals surface area contributed by atoms with Crippen LogP contribution in [0.1, 0.15) is 41.6 Å². The van der Waals surface area contributed by atoms with Gasteiger partial charge in [-0.15, -0.1) is 0 Å². The number of carbonyl (C=O) groups is 3. The van der Waals surface area contributed by atoms with Crippen molar-refractivity contribution in [2.45, 2.75) is 31.7 Å². The fourth-order valence-electron chi connectivity index (χ4n) is 3.85. The Morgan fingerprint density at radius 1 is 0.848 bits per heavy atom. The maximum absolute atomic E-state index is 13.5. The Morgan fingerprint density at radius 2 is 1.39 bits per heavy atom. The van der Waals surface area contributed by atoms with E-state index >= 15 is 0 Å². The first-order chi connectivity index (χ1) is 15.9.